The highest BCUT2D eigenvalue weighted by Crippen LogP contribution is 2.14. The molecule has 1 aliphatic rings. The van der Waals surface area contributed by atoms with E-state index in [1.54, 1.807) is 0 Å². The van der Waals surface area contributed by atoms with Crippen molar-refractivity contribution in [3.8, 4) is 0 Å². The number of likely N-dealkylation sites (N-methyl/N-ethyl adjacent to an activating group) is 2. The Balaban J connectivity index is 2.51. The van der Waals surface area contributed by atoms with Crippen LogP contribution in [0.4, 0.5) is 0 Å². The molecule has 15 heavy (non-hydrogen) atoms. The maximum absolute atomic E-state index is 11.9. The van der Waals surface area contributed by atoms with E-state index in [-0.39, 0.29) is 11.9 Å². The van der Waals surface area contributed by atoms with E-state index in [1.807, 2.05) is 18.9 Å². The summed E-state index contributed by atoms with van der Waals surface area (Å²) >= 11 is 0. The Morgan fingerprint density at radius 1 is 1.67 bits per heavy atom. The molecule has 4 nitrogen and oxygen atoms in total. The number of rotatable bonds is 3. The minimum atomic E-state index is -0.331. The van der Waals surface area contributed by atoms with Crippen LogP contribution in [-0.2, 0) is 4.79 Å². The van der Waals surface area contributed by atoms with Crippen LogP contribution in [0.3, 0.4) is 0 Å². The van der Waals surface area contributed by atoms with Crippen molar-refractivity contribution in [1.82, 2.24) is 9.80 Å². The second-order valence-electron chi connectivity index (χ2n) is 4.52. The normalized spacial score (nSPS) is 24.9. The van der Waals surface area contributed by atoms with E-state index in [9.17, 15) is 4.79 Å². The van der Waals surface area contributed by atoms with Crippen molar-refractivity contribution in [1.29, 1.82) is 0 Å². The smallest absolute Gasteiger partial charge is 0.239 e. The third-order valence-electron chi connectivity index (χ3n) is 3.25. The molecule has 0 spiro atoms. The van der Waals surface area contributed by atoms with Crippen LogP contribution < -0.4 is 5.73 Å². The van der Waals surface area contributed by atoms with Crippen molar-refractivity contribution in [2.75, 3.05) is 27.2 Å². The summed E-state index contributed by atoms with van der Waals surface area (Å²) in [5, 5.41) is 0. The highest BCUT2D eigenvalue weighted by molar-refractivity contribution is 5.81. The lowest BCUT2D eigenvalue weighted by Crippen LogP contribution is -2.51. The monoisotopic (exact) mass is 213 g/mol. The van der Waals surface area contributed by atoms with Gasteiger partial charge < -0.3 is 15.5 Å². The number of hydrogen-bond donors (Lipinski definition) is 1. The van der Waals surface area contributed by atoms with Crippen molar-refractivity contribution in [3.63, 3.8) is 0 Å². The van der Waals surface area contributed by atoms with E-state index < -0.39 is 0 Å². The van der Waals surface area contributed by atoms with Gasteiger partial charge in [0.1, 0.15) is 0 Å². The molecule has 0 saturated carbocycles. The largest absolute Gasteiger partial charge is 0.340 e. The van der Waals surface area contributed by atoms with Gasteiger partial charge in [-0.15, -0.1) is 0 Å². The molecule has 0 aliphatic carbocycles. The Morgan fingerprint density at radius 2 is 2.33 bits per heavy atom. The molecule has 0 aromatic rings. The zero-order valence-electron chi connectivity index (χ0n) is 10.1. The Hall–Kier alpha value is -0.610. The number of carbonyl (C=O) groups is 1. The molecule has 1 rings (SSSR count). The van der Waals surface area contributed by atoms with Gasteiger partial charge in [-0.05, 0) is 32.9 Å². The average Bonchev–Trinajstić information content (AvgIpc) is 2.26. The standard InChI is InChI=1S/C11H23N3O/c1-4-10(12)11(15)14(3)9-6-5-7-13(2)8-9/h9-10H,4-8,12H2,1-3H3/t9?,10-/m0/s1. The molecule has 0 aromatic heterocycles. The first kappa shape index (κ1) is 12.5. The molecule has 0 aromatic carbocycles. The maximum atomic E-state index is 11.9. The molecule has 1 amide bonds. The predicted molar refractivity (Wildman–Crippen MR) is 61.6 cm³/mol. The molecule has 4 heteroatoms. The van der Waals surface area contributed by atoms with Gasteiger partial charge in [-0.2, -0.15) is 0 Å². The summed E-state index contributed by atoms with van der Waals surface area (Å²) in [6.07, 6.45) is 2.98. The van der Waals surface area contributed by atoms with Crippen molar-refractivity contribution in [2.45, 2.75) is 38.3 Å². The highest BCUT2D eigenvalue weighted by Gasteiger charge is 2.26. The number of amides is 1. The van der Waals surface area contributed by atoms with Gasteiger partial charge in [0.2, 0.25) is 5.91 Å². The van der Waals surface area contributed by atoms with E-state index in [4.69, 9.17) is 5.73 Å². The van der Waals surface area contributed by atoms with Crippen molar-refractivity contribution in [2.24, 2.45) is 5.73 Å². The lowest BCUT2D eigenvalue weighted by molar-refractivity contribution is -0.134. The highest BCUT2D eigenvalue weighted by atomic mass is 16.2. The minimum Gasteiger partial charge on any atom is -0.340 e. The molecule has 0 radical (unpaired) electrons. The predicted octanol–water partition coefficient (Wildman–Crippen LogP) is 0.276. The van der Waals surface area contributed by atoms with E-state index in [2.05, 4.69) is 11.9 Å². The number of piperidine rings is 1. The van der Waals surface area contributed by atoms with Gasteiger partial charge in [0.05, 0.1) is 6.04 Å². The molecule has 1 fully saturated rings. The van der Waals surface area contributed by atoms with Gasteiger partial charge in [-0.25, -0.2) is 0 Å². The van der Waals surface area contributed by atoms with Crippen LogP contribution in [0.1, 0.15) is 26.2 Å². The molecular formula is C11H23N3O. The topological polar surface area (TPSA) is 49.6 Å². The number of carbonyl (C=O) groups excluding carboxylic acids is 1. The Labute approximate surface area is 92.4 Å². The lowest BCUT2D eigenvalue weighted by Gasteiger charge is -2.36. The molecule has 88 valence electrons. The van der Waals surface area contributed by atoms with Crippen LogP contribution in [0.15, 0.2) is 0 Å². The second-order valence-corrected chi connectivity index (χ2v) is 4.52. The van der Waals surface area contributed by atoms with Gasteiger partial charge in [0, 0.05) is 19.6 Å². The van der Waals surface area contributed by atoms with Crippen LogP contribution in [-0.4, -0.2) is 55.0 Å². The summed E-state index contributed by atoms with van der Waals surface area (Å²) in [6.45, 7) is 4.06. The Bertz CT molecular complexity index is 220. The third-order valence-corrected chi connectivity index (χ3v) is 3.25. The first-order valence-electron chi connectivity index (χ1n) is 5.77. The SMILES string of the molecule is CC[C@H](N)C(=O)N(C)C1CCCN(C)C1. The summed E-state index contributed by atoms with van der Waals surface area (Å²) in [6, 6.07) is 0.0103. The van der Waals surface area contributed by atoms with E-state index in [0.717, 1.165) is 19.5 Å². The van der Waals surface area contributed by atoms with Gasteiger partial charge in [-0.3, -0.25) is 4.79 Å². The second kappa shape index (κ2) is 5.47. The Morgan fingerprint density at radius 3 is 2.87 bits per heavy atom. The van der Waals surface area contributed by atoms with Crippen molar-refractivity contribution >= 4 is 5.91 Å². The first-order chi connectivity index (χ1) is 7.06. The third kappa shape index (κ3) is 3.18. The maximum Gasteiger partial charge on any atom is 0.239 e. The molecule has 1 unspecified atom stereocenters. The van der Waals surface area contributed by atoms with E-state index >= 15 is 0 Å². The van der Waals surface area contributed by atoms with Crippen molar-refractivity contribution in [3.05, 3.63) is 0 Å². The quantitative estimate of drug-likeness (QED) is 0.732. The zero-order valence-corrected chi connectivity index (χ0v) is 10.1. The number of hydrogen-bond acceptors (Lipinski definition) is 3. The van der Waals surface area contributed by atoms with Gasteiger partial charge in [-0.1, -0.05) is 6.92 Å². The summed E-state index contributed by atoms with van der Waals surface area (Å²) in [7, 11) is 3.98. The summed E-state index contributed by atoms with van der Waals surface area (Å²) in [5.41, 5.74) is 5.75. The number of nitrogens with zero attached hydrogens (tertiary/aromatic N) is 2. The molecule has 1 saturated heterocycles. The van der Waals surface area contributed by atoms with Crippen LogP contribution in [0.5, 0.6) is 0 Å². The molecular weight excluding hydrogens is 190 g/mol. The fourth-order valence-electron chi connectivity index (χ4n) is 2.07. The van der Waals surface area contributed by atoms with Crippen LogP contribution in [0.2, 0.25) is 0 Å². The zero-order chi connectivity index (χ0) is 11.4. The van der Waals surface area contributed by atoms with Gasteiger partial charge in [0.15, 0.2) is 0 Å². The lowest BCUT2D eigenvalue weighted by atomic mass is 10.0. The average molecular weight is 213 g/mol. The molecule has 2 atom stereocenters. The summed E-state index contributed by atoms with van der Waals surface area (Å²) in [4.78, 5) is 16.0. The van der Waals surface area contributed by atoms with Gasteiger partial charge >= 0.3 is 0 Å². The van der Waals surface area contributed by atoms with Crippen molar-refractivity contribution < 1.29 is 4.79 Å². The first-order valence-corrected chi connectivity index (χ1v) is 5.77. The minimum absolute atomic E-state index is 0.0813. The van der Waals surface area contributed by atoms with Crippen LogP contribution >= 0.6 is 0 Å². The van der Waals surface area contributed by atoms with E-state index in [1.165, 1.54) is 6.42 Å². The number of nitrogens with two attached hydrogens (primary N) is 1. The number of likely N-dealkylation sites (tertiary alicyclic amines) is 1. The molecule has 1 aliphatic heterocycles. The molecule has 2 N–H and O–H groups in total. The van der Waals surface area contributed by atoms with E-state index in [0.29, 0.717) is 12.5 Å². The summed E-state index contributed by atoms with van der Waals surface area (Å²) < 4.78 is 0. The Kier molecular flexibility index (Phi) is 4.54. The molecule has 0 bridgehead atoms. The fraction of sp³-hybridized carbons (Fsp3) is 0.909. The molecule has 1 heterocycles. The van der Waals surface area contributed by atoms with Gasteiger partial charge in [0.25, 0.3) is 0 Å². The van der Waals surface area contributed by atoms with Crippen LogP contribution in [0.25, 0.3) is 0 Å². The fourth-order valence-corrected chi connectivity index (χ4v) is 2.07. The summed E-state index contributed by atoms with van der Waals surface area (Å²) in [5.74, 6) is 0.0813. The van der Waals surface area contributed by atoms with Crippen LogP contribution in [0, 0.1) is 0 Å².